The molecule has 2 heterocycles. The lowest BCUT2D eigenvalue weighted by Crippen LogP contribution is -2.45. The standard InChI is InChI=1S/C25H42N4O4/c1-4-19(5-2)24(30)28-22(25(31)32)13-16-29(17-18-33-3)15-7-6-10-21-12-11-20-9-8-14-26-23(20)27-21/h11-12,19,22H,4-10,13-18H2,1-3H3,(H,26,27)(H,28,30)(H,31,32)/t22-/m0/s1/i3D3. The third-order valence-electron chi connectivity index (χ3n) is 6.32. The lowest BCUT2D eigenvalue weighted by Gasteiger charge is -2.25. The minimum Gasteiger partial charge on any atom is -0.480 e. The molecule has 0 saturated carbocycles. The molecule has 0 fully saturated rings. The Kier molecular flexibility index (Phi) is 10.2. The third kappa shape index (κ3) is 9.29. The van der Waals surface area contributed by atoms with Gasteiger partial charge in [0, 0.05) is 38.3 Å². The van der Waals surface area contributed by atoms with Crippen LogP contribution in [0.3, 0.4) is 0 Å². The van der Waals surface area contributed by atoms with Gasteiger partial charge in [0.25, 0.3) is 0 Å². The maximum atomic E-state index is 12.4. The second-order valence-electron chi connectivity index (χ2n) is 8.69. The number of aryl methyl sites for hydroxylation is 2. The van der Waals surface area contributed by atoms with E-state index in [4.69, 9.17) is 13.8 Å². The fourth-order valence-electron chi connectivity index (χ4n) is 4.18. The highest BCUT2D eigenvalue weighted by atomic mass is 16.5. The quantitative estimate of drug-likeness (QED) is 0.322. The summed E-state index contributed by atoms with van der Waals surface area (Å²) < 4.78 is 26.6. The number of pyridine rings is 1. The van der Waals surface area contributed by atoms with Crippen LogP contribution in [0.25, 0.3) is 0 Å². The molecule has 0 aromatic carbocycles. The van der Waals surface area contributed by atoms with Gasteiger partial charge in [0.1, 0.15) is 11.9 Å². The molecule has 8 heteroatoms. The monoisotopic (exact) mass is 465 g/mol. The molecule has 0 saturated heterocycles. The molecule has 2 rings (SSSR count). The first kappa shape index (κ1) is 22.6. The number of anilines is 1. The van der Waals surface area contributed by atoms with Gasteiger partial charge in [-0.05, 0) is 69.5 Å². The number of amides is 1. The molecule has 8 nitrogen and oxygen atoms in total. The number of nitrogens with one attached hydrogen (secondary N) is 2. The number of methoxy groups -OCH3 is 1. The van der Waals surface area contributed by atoms with E-state index in [1.54, 1.807) is 0 Å². The normalized spacial score (nSPS) is 15.8. The topological polar surface area (TPSA) is 104 Å². The zero-order chi connectivity index (χ0) is 26.6. The molecule has 1 atom stereocenters. The highest BCUT2D eigenvalue weighted by molar-refractivity contribution is 5.84. The first-order chi connectivity index (χ1) is 17.1. The van der Waals surface area contributed by atoms with Gasteiger partial charge in [0.05, 0.1) is 10.7 Å². The van der Waals surface area contributed by atoms with Gasteiger partial charge in [-0.2, -0.15) is 0 Å². The van der Waals surface area contributed by atoms with E-state index in [0.717, 1.165) is 50.2 Å². The summed E-state index contributed by atoms with van der Waals surface area (Å²) in [5.74, 6) is -0.530. The zero-order valence-corrected chi connectivity index (χ0v) is 20.1. The molecule has 0 bridgehead atoms. The van der Waals surface area contributed by atoms with E-state index in [-0.39, 0.29) is 24.9 Å². The molecule has 1 aromatic heterocycles. The molecular formula is C25H42N4O4. The summed E-state index contributed by atoms with van der Waals surface area (Å²) in [6.45, 7) is 6.23. The predicted molar refractivity (Wildman–Crippen MR) is 131 cm³/mol. The highest BCUT2D eigenvalue weighted by Crippen LogP contribution is 2.20. The Balaban J connectivity index is 1.88. The number of ether oxygens (including phenoxy) is 1. The molecule has 1 amide bonds. The minimum atomic E-state index is -2.47. The second-order valence-corrected chi connectivity index (χ2v) is 8.69. The number of rotatable bonds is 16. The van der Waals surface area contributed by atoms with E-state index in [1.807, 2.05) is 18.7 Å². The SMILES string of the molecule is [2H]C([2H])([2H])OCCN(CCCCc1ccc2c(n1)NCCC2)CC[C@H](NC(=O)C(CC)CC)C(=O)O. The molecule has 1 aliphatic rings. The third-order valence-corrected chi connectivity index (χ3v) is 6.32. The Hall–Kier alpha value is -2.19. The molecule has 1 aliphatic heterocycles. The summed E-state index contributed by atoms with van der Waals surface area (Å²) >= 11 is 0. The Morgan fingerprint density at radius 1 is 1.27 bits per heavy atom. The van der Waals surface area contributed by atoms with Gasteiger partial charge in [-0.3, -0.25) is 4.79 Å². The lowest BCUT2D eigenvalue weighted by atomic mass is 10.0. The van der Waals surface area contributed by atoms with E-state index < -0.39 is 19.0 Å². The van der Waals surface area contributed by atoms with Gasteiger partial charge >= 0.3 is 5.97 Å². The average molecular weight is 466 g/mol. The molecule has 1 aromatic rings. The van der Waals surface area contributed by atoms with Crippen LogP contribution in [0.2, 0.25) is 0 Å². The summed E-state index contributed by atoms with van der Waals surface area (Å²) in [5, 5.41) is 15.6. The van der Waals surface area contributed by atoms with Crippen molar-refractivity contribution in [2.45, 2.75) is 71.3 Å². The van der Waals surface area contributed by atoms with Crippen molar-refractivity contribution in [1.29, 1.82) is 0 Å². The molecule has 0 spiro atoms. The van der Waals surface area contributed by atoms with Crippen molar-refractivity contribution in [3.05, 3.63) is 23.4 Å². The summed E-state index contributed by atoms with van der Waals surface area (Å²) in [6.07, 6.45) is 6.29. The molecule has 0 aliphatic carbocycles. The van der Waals surface area contributed by atoms with Crippen molar-refractivity contribution in [2.24, 2.45) is 5.92 Å². The van der Waals surface area contributed by atoms with E-state index in [0.29, 0.717) is 32.5 Å². The van der Waals surface area contributed by atoms with Gasteiger partial charge < -0.3 is 25.4 Å². The van der Waals surface area contributed by atoms with E-state index >= 15 is 0 Å². The van der Waals surface area contributed by atoms with Crippen LogP contribution in [0.4, 0.5) is 5.82 Å². The maximum absolute atomic E-state index is 12.4. The van der Waals surface area contributed by atoms with Crippen LogP contribution in [0.5, 0.6) is 0 Å². The predicted octanol–water partition coefficient (Wildman–Crippen LogP) is 3.11. The molecule has 33 heavy (non-hydrogen) atoms. The van der Waals surface area contributed by atoms with Gasteiger partial charge in [0.15, 0.2) is 0 Å². The molecule has 0 unspecified atom stereocenters. The number of unbranched alkanes of at least 4 members (excludes halogenated alkanes) is 1. The second kappa shape index (κ2) is 14.9. The number of carboxylic acid groups (broad SMARTS) is 1. The van der Waals surface area contributed by atoms with Crippen LogP contribution in [-0.4, -0.2) is 72.7 Å². The first-order valence-corrected chi connectivity index (χ1v) is 12.2. The maximum Gasteiger partial charge on any atom is 0.326 e. The summed E-state index contributed by atoms with van der Waals surface area (Å²) in [5.41, 5.74) is 2.30. The largest absolute Gasteiger partial charge is 0.480 e. The lowest BCUT2D eigenvalue weighted by molar-refractivity contribution is -0.142. The smallest absolute Gasteiger partial charge is 0.326 e. The van der Waals surface area contributed by atoms with Gasteiger partial charge in [-0.1, -0.05) is 19.9 Å². The first-order valence-electron chi connectivity index (χ1n) is 13.7. The van der Waals surface area contributed by atoms with Crippen molar-refractivity contribution in [3.63, 3.8) is 0 Å². The van der Waals surface area contributed by atoms with E-state index in [1.165, 1.54) is 5.56 Å². The van der Waals surface area contributed by atoms with E-state index in [9.17, 15) is 14.7 Å². The fourth-order valence-corrected chi connectivity index (χ4v) is 4.18. The van der Waals surface area contributed by atoms with Crippen LogP contribution in [-0.2, 0) is 27.2 Å². The Morgan fingerprint density at radius 3 is 2.82 bits per heavy atom. The Bertz CT molecular complexity index is 834. The summed E-state index contributed by atoms with van der Waals surface area (Å²) in [6, 6.07) is 3.23. The average Bonchev–Trinajstić information content (AvgIpc) is 2.83. The molecular weight excluding hydrogens is 420 g/mol. The van der Waals surface area contributed by atoms with Crippen molar-refractivity contribution in [1.82, 2.24) is 15.2 Å². The minimum absolute atomic E-state index is 0.0202. The van der Waals surface area contributed by atoms with Crippen LogP contribution in [0.1, 0.15) is 67.7 Å². The fraction of sp³-hybridized carbons (Fsp3) is 0.720. The summed E-state index contributed by atoms with van der Waals surface area (Å²) in [7, 11) is -2.47. The zero-order valence-electron chi connectivity index (χ0n) is 23.1. The summed E-state index contributed by atoms with van der Waals surface area (Å²) in [4.78, 5) is 30.9. The number of carbonyl (C=O) groups excluding carboxylic acids is 1. The van der Waals surface area contributed by atoms with Gasteiger partial charge in [0.2, 0.25) is 5.91 Å². The number of hydrogen-bond donors (Lipinski definition) is 3. The van der Waals surface area contributed by atoms with Crippen molar-refractivity contribution in [2.75, 3.05) is 45.1 Å². The molecule has 0 radical (unpaired) electrons. The number of fused-ring (bicyclic) bond motifs is 1. The number of nitrogens with zero attached hydrogens (tertiary/aromatic N) is 2. The number of aromatic nitrogens is 1. The van der Waals surface area contributed by atoms with Crippen molar-refractivity contribution in [3.8, 4) is 0 Å². The Morgan fingerprint density at radius 2 is 2.09 bits per heavy atom. The molecule has 3 N–H and O–H groups in total. The van der Waals surface area contributed by atoms with Crippen molar-refractivity contribution < 1.29 is 23.5 Å². The number of aliphatic carboxylic acids is 1. The van der Waals surface area contributed by atoms with Gasteiger partial charge in [-0.15, -0.1) is 0 Å². The number of carboxylic acids is 1. The van der Waals surface area contributed by atoms with Crippen LogP contribution >= 0.6 is 0 Å². The Labute approximate surface area is 202 Å². The van der Waals surface area contributed by atoms with Gasteiger partial charge in [-0.25, -0.2) is 9.78 Å². The van der Waals surface area contributed by atoms with E-state index in [2.05, 4.69) is 22.8 Å². The number of hydrogen-bond acceptors (Lipinski definition) is 6. The van der Waals surface area contributed by atoms with Crippen molar-refractivity contribution >= 4 is 17.7 Å². The molecule has 186 valence electrons. The van der Waals surface area contributed by atoms with Crippen LogP contribution < -0.4 is 10.6 Å². The number of carbonyl (C=O) groups is 2. The van der Waals surface area contributed by atoms with Crippen LogP contribution in [0.15, 0.2) is 12.1 Å². The highest BCUT2D eigenvalue weighted by Gasteiger charge is 2.24. The van der Waals surface area contributed by atoms with Crippen LogP contribution in [0, 0.1) is 5.92 Å².